The van der Waals surface area contributed by atoms with E-state index in [2.05, 4.69) is 0 Å². The van der Waals surface area contributed by atoms with Gasteiger partial charge in [0.1, 0.15) is 0 Å². The van der Waals surface area contributed by atoms with Crippen LogP contribution < -0.4 is 5.73 Å². The predicted octanol–water partition coefficient (Wildman–Crippen LogP) is -0.905. The lowest BCUT2D eigenvalue weighted by Crippen LogP contribution is -2.42. The second-order valence-electron chi connectivity index (χ2n) is 2.09. The van der Waals surface area contributed by atoms with Crippen LogP contribution in [0, 0.1) is 0 Å². The van der Waals surface area contributed by atoms with E-state index in [1.165, 1.54) is 0 Å². The smallest absolute Gasteiger partial charge is 0.0924 e. The molecule has 1 aliphatic heterocycles. The second kappa shape index (κ2) is 2.44. The van der Waals surface area contributed by atoms with Crippen LogP contribution in [0.5, 0.6) is 0 Å². The fraction of sp³-hybridized carbons (Fsp3) is 1.00. The van der Waals surface area contributed by atoms with E-state index in [4.69, 9.17) is 15.6 Å². The van der Waals surface area contributed by atoms with Gasteiger partial charge in [0, 0.05) is 12.6 Å². The van der Waals surface area contributed by atoms with Crippen molar-refractivity contribution in [1.29, 1.82) is 0 Å². The van der Waals surface area contributed by atoms with Crippen LogP contribution in [-0.4, -0.2) is 30.5 Å². The number of aliphatic hydroxyl groups excluding tert-OH is 1. The highest BCUT2D eigenvalue weighted by Crippen LogP contribution is 2.03. The molecule has 8 heavy (non-hydrogen) atoms. The number of hydrogen-bond donors (Lipinski definition) is 2. The third-order valence-electron chi connectivity index (χ3n) is 1.38. The minimum atomic E-state index is -0.441. The molecule has 0 aromatic carbocycles. The summed E-state index contributed by atoms with van der Waals surface area (Å²) in [6.07, 6.45) is 0.338. The molecule has 1 fully saturated rings. The lowest BCUT2D eigenvalue weighted by Gasteiger charge is -2.23. The van der Waals surface area contributed by atoms with E-state index in [1.807, 2.05) is 0 Å². The fourth-order valence-electron chi connectivity index (χ4n) is 0.739. The molecule has 0 aliphatic carbocycles. The van der Waals surface area contributed by atoms with Crippen molar-refractivity contribution in [2.45, 2.75) is 18.6 Å². The van der Waals surface area contributed by atoms with Gasteiger partial charge in [-0.25, -0.2) is 0 Å². The molecule has 0 unspecified atom stereocenters. The molecule has 3 nitrogen and oxygen atoms in total. The van der Waals surface area contributed by atoms with Crippen molar-refractivity contribution in [3.8, 4) is 0 Å². The highest BCUT2D eigenvalue weighted by atomic mass is 16.5. The molecule has 2 atom stereocenters. The average Bonchev–Trinajstić information content (AvgIpc) is 1.77. The zero-order chi connectivity index (χ0) is 5.98. The molecule has 0 saturated carbocycles. The Morgan fingerprint density at radius 3 is 2.75 bits per heavy atom. The number of aliphatic hydroxyl groups is 1. The third kappa shape index (κ3) is 1.18. The Hall–Kier alpha value is -0.120. The summed E-state index contributed by atoms with van der Waals surface area (Å²) in [6.45, 7) is 1.10. The van der Waals surface area contributed by atoms with Gasteiger partial charge < -0.3 is 15.6 Å². The highest BCUT2D eigenvalue weighted by molar-refractivity contribution is 4.74. The SMILES string of the molecule is N[C@H]1CCOC[C@@H]1O. The molecule has 1 rings (SSSR count). The maximum atomic E-state index is 8.93. The molecular weight excluding hydrogens is 106 g/mol. The van der Waals surface area contributed by atoms with Crippen LogP contribution in [0.2, 0.25) is 0 Å². The van der Waals surface area contributed by atoms with Crippen LogP contribution >= 0.6 is 0 Å². The quantitative estimate of drug-likeness (QED) is 0.432. The Bertz CT molecular complexity index is 66.8. The number of rotatable bonds is 0. The normalized spacial score (nSPS) is 39.8. The first-order valence-electron chi connectivity index (χ1n) is 2.82. The topological polar surface area (TPSA) is 55.5 Å². The summed E-state index contributed by atoms with van der Waals surface area (Å²) in [7, 11) is 0. The monoisotopic (exact) mass is 117 g/mol. The second-order valence-corrected chi connectivity index (χ2v) is 2.09. The van der Waals surface area contributed by atoms with Gasteiger partial charge in [-0.1, -0.05) is 0 Å². The molecule has 0 amide bonds. The van der Waals surface area contributed by atoms with Gasteiger partial charge in [-0.2, -0.15) is 0 Å². The Morgan fingerprint density at radius 2 is 2.38 bits per heavy atom. The molecule has 1 aliphatic rings. The molecule has 48 valence electrons. The van der Waals surface area contributed by atoms with Crippen LogP contribution in [0.25, 0.3) is 0 Å². The molecule has 1 heterocycles. The molecule has 0 bridgehead atoms. The molecule has 0 aromatic rings. The predicted molar refractivity (Wildman–Crippen MR) is 29.4 cm³/mol. The van der Waals surface area contributed by atoms with Crippen LogP contribution in [0.4, 0.5) is 0 Å². The Labute approximate surface area is 48.4 Å². The van der Waals surface area contributed by atoms with Crippen molar-refractivity contribution < 1.29 is 9.84 Å². The van der Waals surface area contributed by atoms with E-state index in [0.717, 1.165) is 6.42 Å². The third-order valence-corrected chi connectivity index (χ3v) is 1.38. The van der Waals surface area contributed by atoms with Crippen molar-refractivity contribution in [1.82, 2.24) is 0 Å². The summed E-state index contributed by atoms with van der Waals surface area (Å²) in [4.78, 5) is 0. The van der Waals surface area contributed by atoms with Crippen LogP contribution in [0.3, 0.4) is 0 Å². The van der Waals surface area contributed by atoms with Gasteiger partial charge >= 0.3 is 0 Å². The molecule has 0 aromatic heterocycles. The summed E-state index contributed by atoms with van der Waals surface area (Å²) in [5.74, 6) is 0. The highest BCUT2D eigenvalue weighted by Gasteiger charge is 2.18. The van der Waals surface area contributed by atoms with Gasteiger partial charge in [-0.05, 0) is 6.42 Å². The summed E-state index contributed by atoms with van der Waals surface area (Å²) >= 11 is 0. The van der Waals surface area contributed by atoms with Gasteiger partial charge in [0.15, 0.2) is 0 Å². The zero-order valence-electron chi connectivity index (χ0n) is 4.71. The molecule has 0 radical (unpaired) electrons. The van der Waals surface area contributed by atoms with Crippen LogP contribution in [0.15, 0.2) is 0 Å². The van der Waals surface area contributed by atoms with Crippen molar-refractivity contribution in [3.63, 3.8) is 0 Å². The Balaban J connectivity index is 2.28. The number of ether oxygens (including phenoxy) is 1. The first-order valence-corrected chi connectivity index (χ1v) is 2.82. The van der Waals surface area contributed by atoms with Gasteiger partial charge in [0.05, 0.1) is 12.7 Å². The lowest BCUT2D eigenvalue weighted by atomic mass is 10.1. The number of nitrogens with two attached hydrogens (primary N) is 1. The van der Waals surface area contributed by atoms with Gasteiger partial charge in [0.2, 0.25) is 0 Å². The van der Waals surface area contributed by atoms with Crippen molar-refractivity contribution in [3.05, 3.63) is 0 Å². The summed E-state index contributed by atoms with van der Waals surface area (Å²) in [5.41, 5.74) is 5.45. The van der Waals surface area contributed by atoms with Crippen molar-refractivity contribution >= 4 is 0 Å². The minimum Gasteiger partial charge on any atom is -0.389 e. The molecule has 3 heteroatoms. The molecule has 1 saturated heterocycles. The van der Waals surface area contributed by atoms with Gasteiger partial charge in [-0.3, -0.25) is 0 Å². The van der Waals surface area contributed by atoms with Crippen LogP contribution in [0.1, 0.15) is 6.42 Å². The van der Waals surface area contributed by atoms with Gasteiger partial charge in [-0.15, -0.1) is 0 Å². The van der Waals surface area contributed by atoms with E-state index in [9.17, 15) is 0 Å². The standard InChI is InChI=1S/C5H11NO2/c6-4-1-2-8-3-5(4)7/h4-5,7H,1-3,6H2/t4-,5-/m0/s1. The maximum absolute atomic E-state index is 8.93. The molecular formula is C5H11NO2. The van der Waals surface area contributed by atoms with E-state index in [0.29, 0.717) is 13.2 Å². The van der Waals surface area contributed by atoms with Crippen LogP contribution in [-0.2, 0) is 4.74 Å². The molecule has 3 N–H and O–H groups in total. The Morgan fingerprint density at radius 1 is 1.62 bits per heavy atom. The van der Waals surface area contributed by atoms with Crippen molar-refractivity contribution in [2.24, 2.45) is 5.73 Å². The molecule has 0 spiro atoms. The summed E-state index contributed by atoms with van der Waals surface area (Å²) in [6, 6.07) is -0.0660. The summed E-state index contributed by atoms with van der Waals surface area (Å²) in [5, 5.41) is 8.93. The van der Waals surface area contributed by atoms with E-state index >= 15 is 0 Å². The van der Waals surface area contributed by atoms with E-state index in [-0.39, 0.29) is 6.04 Å². The van der Waals surface area contributed by atoms with E-state index in [1.54, 1.807) is 0 Å². The fourth-order valence-corrected chi connectivity index (χ4v) is 0.739. The van der Waals surface area contributed by atoms with E-state index < -0.39 is 6.10 Å². The van der Waals surface area contributed by atoms with Crippen molar-refractivity contribution in [2.75, 3.05) is 13.2 Å². The average molecular weight is 117 g/mol. The zero-order valence-corrected chi connectivity index (χ0v) is 4.71. The first kappa shape index (κ1) is 6.01. The first-order chi connectivity index (χ1) is 3.80. The summed E-state index contributed by atoms with van der Waals surface area (Å²) < 4.78 is 4.92. The largest absolute Gasteiger partial charge is 0.389 e. The lowest BCUT2D eigenvalue weighted by molar-refractivity contribution is -0.0182. The maximum Gasteiger partial charge on any atom is 0.0924 e. The minimum absolute atomic E-state index is 0.0660. The number of hydrogen-bond acceptors (Lipinski definition) is 3. The Kier molecular flexibility index (Phi) is 1.83. The van der Waals surface area contributed by atoms with Gasteiger partial charge in [0.25, 0.3) is 0 Å².